The summed E-state index contributed by atoms with van der Waals surface area (Å²) in [6.45, 7) is 4.61. The van der Waals surface area contributed by atoms with Crippen LogP contribution >= 0.6 is 23.5 Å². The van der Waals surface area contributed by atoms with E-state index in [9.17, 15) is 13.0 Å². The third-order valence-electron chi connectivity index (χ3n) is 4.32. The van der Waals surface area contributed by atoms with Gasteiger partial charge in [0.05, 0.1) is 12.9 Å². The first kappa shape index (κ1) is 26.2. The molecule has 0 aromatic rings. The van der Waals surface area contributed by atoms with Crippen molar-refractivity contribution in [3.8, 4) is 0 Å². The molecule has 0 N–H and O–H groups in total. The molecular weight excluding hydrogens is 390 g/mol. The van der Waals surface area contributed by atoms with Gasteiger partial charge in [0, 0.05) is 5.75 Å². The quantitative estimate of drug-likeness (QED) is 0.192. The van der Waals surface area contributed by atoms with E-state index in [1.54, 1.807) is 4.38 Å². The van der Waals surface area contributed by atoms with Crippen LogP contribution in [0.1, 0.15) is 78.1 Å². The third-order valence-corrected chi connectivity index (χ3v) is 7.65. The number of nitrogens with zero attached hydrogens (tertiary/aromatic N) is 1. The second-order valence-corrected chi connectivity index (χ2v) is 10.1. The molecule has 0 aromatic carbocycles. The highest BCUT2D eigenvalue weighted by Crippen LogP contribution is 2.25. The lowest BCUT2D eigenvalue weighted by molar-refractivity contribution is -0.520. The molecule has 0 unspecified atom stereocenters. The maximum atomic E-state index is 9.22. The molecule has 0 saturated carbocycles. The summed E-state index contributed by atoms with van der Waals surface area (Å²) < 4.78 is 35.0. The minimum atomic E-state index is -4.41. The lowest BCUT2D eigenvalue weighted by Gasteiger charge is -2.02. The molecule has 156 valence electrons. The average Bonchev–Trinajstić information content (AvgIpc) is 2.91. The van der Waals surface area contributed by atoms with Gasteiger partial charge in [0.2, 0.25) is 10.4 Å². The van der Waals surface area contributed by atoms with E-state index in [4.69, 9.17) is 0 Å². The van der Waals surface area contributed by atoms with E-state index in [0.29, 0.717) is 0 Å². The van der Waals surface area contributed by atoms with Crippen LogP contribution in [0.4, 0.5) is 0 Å². The zero-order valence-corrected chi connectivity index (χ0v) is 19.3. The third kappa shape index (κ3) is 15.3. The van der Waals surface area contributed by atoms with Crippen molar-refractivity contribution in [1.29, 1.82) is 0 Å². The Labute approximate surface area is 169 Å². The van der Waals surface area contributed by atoms with Crippen molar-refractivity contribution in [2.45, 2.75) is 84.1 Å². The van der Waals surface area contributed by atoms with Crippen molar-refractivity contribution in [2.75, 3.05) is 25.7 Å². The topological polar surface area (TPSA) is 69.4 Å². The normalized spacial score (nSPS) is 17.3. The summed E-state index contributed by atoms with van der Waals surface area (Å²) in [5.74, 6) is 2.59. The Hall–Kier alpha value is 0.240. The molecule has 26 heavy (non-hydrogen) atoms. The molecule has 1 heterocycles. The van der Waals surface area contributed by atoms with Crippen molar-refractivity contribution in [1.82, 2.24) is 0 Å². The number of rotatable bonds is 12. The van der Waals surface area contributed by atoms with E-state index in [1.807, 2.05) is 11.8 Å². The highest BCUT2D eigenvalue weighted by molar-refractivity contribution is 8.38. The highest BCUT2D eigenvalue weighted by Gasteiger charge is 2.26. The number of thioether (sulfide) groups is 2. The Bertz CT molecular complexity index is 481. The molecule has 1 atom stereocenters. The van der Waals surface area contributed by atoms with Crippen LogP contribution in [0.25, 0.3) is 0 Å². The van der Waals surface area contributed by atoms with Crippen LogP contribution in [0.2, 0.25) is 0 Å². The molecule has 0 amide bonds. The fourth-order valence-electron chi connectivity index (χ4n) is 2.48. The predicted molar refractivity (Wildman–Crippen MR) is 114 cm³/mol. The van der Waals surface area contributed by atoms with E-state index < -0.39 is 10.4 Å². The molecule has 0 aliphatic carbocycles. The van der Waals surface area contributed by atoms with Gasteiger partial charge in [0.1, 0.15) is 7.05 Å². The second-order valence-electron chi connectivity index (χ2n) is 6.64. The van der Waals surface area contributed by atoms with E-state index in [2.05, 4.69) is 41.4 Å². The van der Waals surface area contributed by atoms with Crippen molar-refractivity contribution in [3.05, 3.63) is 0 Å². The molecule has 0 bridgehead atoms. The molecule has 1 aliphatic heterocycles. The van der Waals surface area contributed by atoms with E-state index >= 15 is 0 Å². The van der Waals surface area contributed by atoms with Gasteiger partial charge in [-0.25, -0.2) is 13.0 Å². The molecule has 0 aromatic heterocycles. The summed E-state index contributed by atoms with van der Waals surface area (Å²) >= 11 is 4.12. The van der Waals surface area contributed by atoms with Gasteiger partial charge in [-0.3, -0.25) is 4.18 Å². The maximum absolute atomic E-state index is 9.22. The first-order valence-electron chi connectivity index (χ1n) is 9.68. The van der Waals surface area contributed by atoms with Crippen LogP contribution in [-0.4, -0.2) is 53.6 Å². The minimum Gasteiger partial charge on any atom is -0.726 e. The summed E-state index contributed by atoms with van der Waals surface area (Å²) in [5, 5.41) is 0. The lowest BCUT2D eigenvalue weighted by atomic mass is 10.1. The van der Waals surface area contributed by atoms with Crippen LogP contribution < -0.4 is 0 Å². The Kier molecular flexibility index (Phi) is 16.4. The fraction of sp³-hybridized carbons (Fsp3) is 0.944. The Balaban J connectivity index is 0.000000896. The summed E-state index contributed by atoms with van der Waals surface area (Å²) in [6.07, 6.45) is 14.4. The summed E-state index contributed by atoms with van der Waals surface area (Å²) in [4.78, 5) is 0. The van der Waals surface area contributed by atoms with Crippen LogP contribution in [0, 0.1) is 0 Å². The monoisotopic (exact) mass is 427 g/mol. The summed E-state index contributed by atoms with van der Waals surface area (Å²) in [6, 6.07) is 0.732. The summed E-state index contributed by atoms with van der Waals surface area (Å²) in [5.41, 5.74) is 0. The molecule has 0 spiro atoms. The molecule has 0 radical (unpaired) electrons. The van der Waals surface area contributed by atoms with Crippen molar-refractivity contribution < 1.29 is 21.7 Å². The Morgan fingerprint density at radius 3 is 1.96 bits per heavy atom. The number of unbranched alkanes of at least 4 members (excludes halogenated alkanes) is 9. The Morgan fingerprint density at radius 2 is 1.58 bits per heavy atom. The molecule has 5 nitrogen and oxygen atoms in total. The van der Waals surface area contributed by atoms with Gasteiger partial charge in [-0.2, -0.15) is 0 Å². The zero-order valence-electron chi connectivity index (χ0n) is 16.9. The van der Waals surface area contributed by atoms with Gasteiger partial charge in [-0.15, -0.1) is 0 Å². The first-order chi connectivity index (χ1) is 12.3. The molecule has 8 heteroatoms. The van der Waals surface area contributed by atoms with E-state index in [-0.39, 0.29) is 0 Å². The van der Waals surface area contributed by atoms with Gasteiger partial charge in [0.15, 0.2) is 6.04 Å². The van der Waals surface area contributed by atoms with Gasteiger partial charge in [-0.1, -0.05) is 76.5 Å². The number of hydrogen-bond acceptors (Lipinski definition) is 6. The van der Waals surface area contributed by atoms with Gasteiger partial charge < -0.3 is 4.55 Å². The summed E-state index contributed by atoms with van der Waals surface area (Å²) in [7, 11) is -1.36. The fourth-order valence-corrected chi connectivity index (χ4v) is 5.16. The largest absolute Gasteiger partial charge is 0.726 e. The highest BCUT2D eigenvalue weighted by atomic mass is 32.3. The van der Waals surface area contributed by atoms with Gasteiger partial charge in [0.25, 0.3) is 4.38 Å². The molecular formula is C18H37NO4S3. The first-order valence-corrected chi connectivity index (χ1v) is 13.0. The van der Waals surface area contributed by atoms with Crippen LogP contribution in [0.3, 0.4) is 0 Å². The van der Waals surface area contributed by atoms with E-state index in [1.165, 1.54) is 75.7 Å². The zero-order chi connectivity index (χ0) is 19.8. The second kappa shape index (κ2) is 16.2. The predicted octanol–water partition coefficient (Wildman–Crippen LogP) is 4.87. The van der Waals surface area contributed by atoms with Crippen LogP contribution in [-0.2, 0) is 14.6 Å². The van der Waals surface area contributed by atoms with Crippen LogP contribution in [0.5, 0.6) is 0 Å². The van der Waals surface area contributed by atoms with Crippen molar-refractivity contribution in [3.63, 3.8) is 0 Å². The molecule has 0 saturated heterocycles. The molecule has 1 rings (SSSR count). The van der Waals surface area contributed by atoms with Crippen molar-refractivity contribution in [2.24, 2.45) is 0 Å². The maximum Gasteiger partial charge on any atom is 0.270 e. The minimum absolute atomic E-state index is 0.732. The smallest absolute Gasteiger partial charge is 0.270 e. The Morgan fingerprint density at radius 1 is 1.12 bits per heavy atom. The average molecular weight is 428 g/mol. The number of hydrogen-bond donors (Lipinski definition) is 0. The standard InChI is InChI=1S/C17H34NS2.CH4O4S/c1-4-5-6-7-8-9-10-11-12-13-14-19-17-18(3)16(2)15-20-17;1-5-6(2,3)4/h16H,4-15H2,1-3H3;1H3,(H,2,3,4)/q+1;/p-1/t16-;/m1./s1. The molecule has 1 aliphatic rings. The van der Waals surface area contributed by atoms with Crippen LogP contribution in [0.15, 0.2) is 0 Å². The lowest BCUT2D eigenvalue weighted by Crippen LogP contribution is -2.17. The van der Waals surface area contributed by atoms with Gasteiger partial charge >= 0.3 is 0 Å². The molecule has 0 fully saturated rings. The SMILES string of the molecule is CCCCCCCCCCCCSC1=[N+](C)[C@H](C)CS1.COS(=O)(=O)[O-]. The van der Waals surface area contributed by atoms with E-state index in [0.717, 1.165) is 13.2 Å². The van der Waals surface area contributed by atoms with Gasteiger partial charge in [-0.05, 0) is 25.1 Å². The van der Waals surface area contributed by atoms with Crippen molar-refractivity contribution >= 4 is 38.3 Å².